The summed E-state index contributed by atoms with van der Waals surface area (Å²) in [4.78, 5) is 19.6. The van der Waals surface area contributed by atoms with E-state index < -0.39 is 42.0 Å². The van der Waals surface area contributed by atoms with Crippen molar-refractivity contribution in [1.29, 1.82) is 0 Å². The van der Waals surface area contributed by atoms with Crippen LogP contribution in [0.15, 0.2) is 47.4 Å². The molecule has 0 radical (unpaired) electrons. The lowest BCUT2D eigenvalue weighted by molar-refractivity contribution is -0.388. The zero-order valence-electron chi connectivity index (χ0n) is 11.7. The molecule has 23 heavy (non-hydrogen) atoms. The molecule has 0 N–H and O–H groups in total. The molecular formula is C13H10N2O7S. The predicted molar refractivity (Wildman–Crippen MR) is 78.7 cm³/mol. The molecule has 0 saturated carbocycles. The van der Waals surface area contributed by atoms with Gasteiger partial charge in [0.25, 0.3) is 5.69 Å². The highest BCUT2D eigenvalue weighted by Gasteiger charge is 2.29. The predicted octanol–water partition coefficient (Wildman–Crippen LogP) is 2.58. The van der Waals surface area contributed by atoms with Gasteiger partial charge in [-0.3, -0.25) is 20.2 Å². The number of aryl methyl sites for hydroxylation is 1. The fourth-order valence-corrected chi connectivity index (χ4v) is 2.93. The molecule has 0 unspecified atom stereocenters. The van der Waals surface area contributed by atoms with Gasteiger partial charge >= 0.3 is 15.8 Å². The van der Waals surface area contributed by atoms with E-state index in [1.165, 1.54) is 18.2 Å². The number of hydrogen-bond acceptors (Lipinski definition) is 7. The third kappa shape index (κ3) is 3.43. The van der Waals surface area contributed by atoms with Gasteiger partial charge in [0, 0.05) is 12.1 Å². The second-order valence-electron chi connectivity index (χ2n) is 4.49. The Kier molecular flexibility index (Phi) is 4.27. The zero-order valence-corrected chi connectivity index (χ0v) is 12.5. The van der Waals surface area contributed by atoms with Crippen molar-refractivity contribution < 1.29 is 22.4 Å². The largest absolute Gasteiger partial charge is 0.371 e. The first-order chi connectivity index (χ1) is 10.7. The maximum absolute atomic E-state index is 12.2. The monoisotopic (exact) mass is 338 g/mol. The Morgan fingerprint density at radius 1 is 0.957 bits per heavy atom. The van der Waals surface area contributed by atoms with E-state index >= 15 is 0 Å². The molecule has 0 aromatic heterocycles. The number of para-hydroxylation sites is 1. The fourth-order valence-electron chi connectivity index (χ4n) is 1.82. The minimum Gasteiger partial charge on any atom is -0.371 e. The van der Waals surface area contributed by atoms with Crippen molar-refractivity contribution in [3.63, 3.8) is 0 Å². The first kappa shape index (κ1) is 16.4. The normalized spacial score (nSPS) is 11.0. The lowest BCUT2D eigenvalue weighted by Gasteiger charge is -2.08. The van der Waals surface area contributed by atoms with Crippen LogP contribution < -0.4 is 4.18 Å². The molecule has 0 atom stereocenters. The van der Waals surface area contributed by atoms with E-state index in [1.54, 1.807) is 6.92 Å². The average Bonchev–Trinajstić information content (AvgIpc) is 2.48. The maximum atomic E-state index is 12.2. The Morgan fingerprint density at radius 2 is 1.57 bits per heavy atom. The quantitative estimate of drug-likeness (QED) is 0.465. The van der Waals surface area contributed by atoms with Crippen LogP contribution in [0.5, 0.6) is 5.75 Å². The lowest BCUT2D eigenvalue weighted by Crippen LogP contribution is -2.12. The van der Waals surface area contributed by atoms with Gasteiger partial charge in [-0.2, -0.15) is 8.42 Å². The van der Waals surface area contributed by atoms with Gasteiger partial charge in [-0.25, -0.2) is 0 Å². The van der Waals surface area contributed by atoms with Crippen LogP contribution in [0, 0.1) is 27.2 Å². The summed E-state index contributed by atoms with van der Waals surface area (Å²) in [6, 6.07) is 8.27. The highest BCUT2D eigenvalue weighted by Crippen LogP contribution is 2.32. The Balaban J connectivity index is 2.52. The van der Waals surface area contributed by atoms with Gasteiger partial charge in [0.15, 0.2) is 4.90 Å². The Labute approximate surface area is 130 Å². The first-order valence-electron chi connectivity index (χ1n) is 6.15. The summed E-state index contributed by atoms with van der Waals surface area (Å²) in [5.74, 6) is -0.515. The minimum atomic E-state index is -4.60. The molecule has 0 amide bonds. The summed E-state index contributed by atoms with van der Waals surface area (Å²) in [6.07, 6.45) is 0. The molecule has 0 aliphatic rings. The molecule has 0 aliphatic heterocycles. The van der Waals surface area contributed by atoms with Gasteiger partial charge in [-0.05, 0) is 24.6 Å². The molecule has 2 aromatic carbocycles. The van der Waals surface area contributed by atoms with Crippen molar-refractivity contribution in [3.05, 3.63) is 68.3 Å². The van der Waals surface area contributed by atoms with Gasteiger partial charge in [0.05, 0.1) is 9.85 Å². The molecule has 0 spiro atoms. The van der Waals surface area contributed by atoms with Crippen LogP contribution in [0.25, 0.3) is 0 Å². The second-order valence-corrected chi connectivity index (χ2v) is 6.01. The molecule has 9 nitrogen and oxygen atoms in total. The third-order valence-electron chi connectivity index (χ3n) is 2.84. The fraction of sp³-hybridized carbons (Fsp3) is 0.0769. The van der Waals surface area contributed by atoms with E-state index in [0.29, 0.717) is 5.56 Å². The van der Waals surface area contributed by atoms with Crippen molar-refractivity contribution in [3.8, 4) is 5.75 Å². The van der Waals surface area contributed by atoms with Gasteiger partial charge in [-0.15, -0.1) is 0 Å². The van der Waals surface area contributed by atoms with Gasteiger partial charge in [0.1, 0.15) is 0 Å². The standard InChI is InChI=1S/C13H10N2O7S/c1-9-6-7-12(11(8-9)15(18)19)22-23(20,21)13-5-3-2-4-10(13)14(16)17/h2-8H,1H3. The average molecular weight is 338 g/mol. The van der Waals surface area contributed by atoms with E-state index in [-0.39, 0.29) is 0 Å². The Morgan fingerprint density at radius 3 is 2.17 bits per heavy atom. The van der Waals surface area contributed by atoms with Gasteiger partial charge in [-0.1, -0.05) is 18.2 Å². The summed E-state index contributed by atoms with van der Waals surface area (Å²) >= 11 is 0. The summed E-state index contributed by atoms with van der Waals surface area (Å²) in [6.45, 7) is 1.59. The number of nitrogens with zero attached hydrogens (tertiary/aromatic N) is 2. The smallest absolute Gasteiger partial charge is 0.346 e. The summed E-state index contributed by atoms with van der Waals surface area (Å²) in [5, 5.41) is 21.9. The lowest BCUT2D eigenvalue weighted by atomic mass is 10.2. The molecule has 0 saturated heterocycles. The number of rotatable bonds is 5. The number of nitro benzene ring substituents is 2. The van der Waals surface area contributed by atoms with E-state index in [0.717, 1.165) is 24.3 Å². The highest BCUT2D eigenvalue weighted by atomic mass is 32.2. The second kappa shape index (κ2) is 6.01. The van der Waals surface area contributed by atoms with Crippen molar-refractivity contribution in [2.45, 2.75) is 11.8 Å². The van der Waals surface area contributed by atoms with E-state index in [9.17, 15) is 28.6 Å². The Bertz CT molecular complexity index is 893. The minimum absolute atomic E-state index is 0.515. The molecule has 0 fully saturated rings. The van der Waals surface area contributed by atoms with Crippen molar-refractivity contribution in [2.75, 3.05) is 0 Å². The van der Waals surface area contributed by atoms with E-state index in [2.05, 4.69) is 0 Å². The summed E-state index contributed by atoms with van der Waals surface area (Å²) in [5.41, 5.74) is -0.693. The molecule has 120 valence electrons. The van der Waals surface area contributed by atoms with E-state index in [4.69, 9.17) is 4.18 Å². The van der Waals surface area contributed by atoms with Crippen LogP contribution in [0.1, 0.15) is 5.56 Å². The van der Waals surface area contributed by atoms with Crippen LogP contribution in [0.4, 0.5) is 11.4 Å². The highest BCUT2D eigenvalue weighted by molar-refractivity contribution is 7.87. The summed E-state index contributed by atoms with van der Waals surface area (Å²) < 4.78 is 29.2. The topological polar surface area (TPSA) is 130 Å². The molecule has 0 aliphatic carbocycles. The van der Waals surface area contributed by atoms with Crippen LogP contribution in [-0.2, 0) is 10.1 Å². The number of benzene rings is 2. The molecule has 0 heterocycles. The van der Waals surface area contributed by atoms with Gasteiger partial charge < -0.3 is 4.18 Å². The van der Waals surface area contributed by atoms with Crippen LogP contribution in [0.3, 0.4) is 0 Å². The van der Waals surface area contributed by atoms with Crippen molar-refractivity contribution >= 4 is 21.5 Å². The third-order valence-corrected chi connectivity index (χ3v) is 4.12. The van der Waals surface area contributed by atoms with Crippen LogP contribution >= 0.6 is 0 Å². The first-order valence-corrected chi connectivity index (χ1v) is 7.56. The SMILES string of the molecule is Cc1ccc(OS(=O)(=O)c2ccccc2[N+](=O)[O-])c([N+](=O)[O-])c1. The van der Waals surface area contributed by atoms with Crippen molar-refractivity contribution in [2.24, 2.45) is 0 Å². The number of nitro groups is 2. The molecule has 2 rings (SSSR count). The molecule has 2 aromatic rings. The molecule has 10 heteroatoms. The maximum Gasteiger partial charge on any atom is 0.346 e. The van der Waals surface area contributed by atoms with E-state index in [1.807, 2.05) is 0 Å². The molecule has 0 bridgehead atoms. The zero-order chi connectivity index (χ0) is 17.2. The molecular weight excluding hydrogens is 328 g/mol. The van der Waals surface area contributed by atoms with Crippen molar-refractivity contribution in [1.82, 2.24) is 0 Å². The van der Waals surface area contributed by atoms with Crippen LogP contribution in [0.2, 0.25) is 0 Å². The Hall–Kier alpha value is -3.01. The van der Waals surface area contributed by atoms with Crippen LogP contribution in [-0.4, -0.2) is 18.3 Å². The summed E-state index contributed by atoms with van der Waals surface area (Å²) in [7, 11) is -4.60. The number of hydrogen-bond donors (Lipinski definition) is 0. The van der Waals surface area contributed by atoms with Gasteiger partial charge in [0.2, 0.25) is 5.75 Å².